The monoisotopic (exact) mass is 114 g/mol. The van der Waals surface area contributed by atoms with Crippen molar-refractivity contribution in [2.45, 2.75) is 13.8 Å². The number of carbonyl (C=O) groups is 1. The van der Waals surface area contributed by atoms with Crippen LogP contribution in [0.1, 0.15) is 13.8 Å². The molecule has 0 spiro atoms. The molecule has 0 heterocycles. The average Bonchev–Trinajstić information content (AvgIpc) is 2.15. The maximum atomic E-state index is 10.2. The third kappa shape index (κ3) is 0.602. The highest BCUT2D eigenvalue weighted by atomic mass is 16.4. The van der Waals surface area contributed by atoms with E-state index in [0.29, 0.717) is 11.8 Å². The van der Waals surface area contributed by atoms with E-state index in [9.17, 15) is 4.79 Å². The molecule has 46 valence electrons. The minimum atomic E-state index is -0.634. The van der Waals surface area contributed by atoms with Crippen molar-refractivity contribution in [2.24, 2.45) is 17.8 Å². The molecule has 0 aromatic heterocycles. The van der Waals surface area contributed by atoms with Gasteiger partial charge in [0.1, 0.15) is 0 Å². The Morgan fingerprint density at radius 2 is 1.75 bits per heavy atom. The molecule has 1 aliphatic rings. The quantitative estimate of drug-likeness (QED) is 0.551. The normalized spacial score (nSPS) is 44.0. The van der Waals surface area contributed by atoms with E-state index in [0.717, 1.165) is 0 Å². The van der Waals surface area contributed by atoms with Gasteiger partial charge in [0.05, 0.1) is 5.92 Å². The van der Waals surface area contributed by atoms with Crippen LogP contribution in [-0.4, -0.2) is 11.1 Å². The molecule has 1 rings (SSSR count). The van der Waals surface area contributed by atoms with Gasteiger partial charge in [0.15, 0.2) is 0 Å². The number of rotatable bonds is 1. The van der Waals surface area contributed by atoms with E-state index in [1.165, 1.54) is 0 Å². The van der Waals surface area contributed by atoms with Crippen LogP contribution in [0.4, 0.5) is 0 Å². The summed E-state index contributed by atoms with van der Waals surface area (Å²) < 4.78 is 0. The molecule has 0 aromatic carbocycles. The van der Waals surface area contributed by atoms with Gasteiger partial charge < -0.3 is 5.11 Å². The molecule has 2 nitrogen and oxygen atoms in total. The molecule has 2 atom stereocenters. The van der Waals surface area contributed by atoms with E-state index >= 15 is 0 Å². The molecule has 0 aromatic rings. The first kappa shape index (κ1) is 5.60. The molecule has 1 fully saturated rings. The van der Waals surface area contributed by atoms with Gasteiger partial charge in [-0.25, -0.2) is 0 Å². The lowest BCUT2D eigenvalue weighted by atomic mass is 10.3. The lowest BCUT2D eigenvalue weighted by molar-refractivity contribution is -0.139. The molecule has 0 saturated heterocycles. The topological polar surface area (TPSA) is 37.3 Å². The standard InChI is InChI=1S/C6H10O2/c1-3-4(2)5(3)6(7)8/h3-5H,1-2H3,(H,7,8)/t3-,4-/m1/s1. The Kier molecular flexibility index (Phi) is 1.03. The van der Waals surface area contributed by atoms with Gasteiger partial charge in [-0.2, -0.15) is 0 Å². The molecule has 0 radical (unpaired) electrons. The molecule has 0 aliphatic heterocycles. The van der Waals surface area contributed by atoms with E-state index in [-0.39, 0.29) is 5.92 Å². The minimum absolute atomic E-state index is 0.0463. The second-order valence-electron chi connectivity index (χ2n) is 2.58. The summed E-state index contributed by atoms with van der Waals surface area (Å²) >= 11 is 0. The number of aliphatic carboxylic acids is 1. The Labute approximate surface area is 48.5 Å². The van der Waals surface area contributed by atoms with Gasteiger partial charge in [0.2, 0.25) is 0 Å². The third-order valence-corrected chi connectivity index (χ3v) is 2.11. The van der Waals surface area contributed by atoms with Crippen LogP contribution >= 0.6 is 0 Å². The van der Waals surface area contributed by atoms with Gasteiger partial charge in [-0.1, -0.05) is 13.8 Å². The fraction of sp³-hybridized carbons (Fsp3) is 0.833. The van der Waals surface area contributed by atoms with Crippen LogP contribution in [-0.2, 0) is 4.79 Å². The van der Waals surface area contributed by atoms with Gasteiger partial charge in [0, 0.05) is 0 Å². The largest absolute Gasteiger partial charge is 0.481 e. The first-order valence-electron chi connectivity index (χ1n) is 2.87. The van der Waals surface area contributed by atoms with Crippen molar-refractivity contribution in [1.82, 2.24) is 0 Å². The van der Waals surface area contributed by atoms with Crippen LogP contribution in [0, 0.1) is 17.8 Å². The molecule has 8 heavy (non-hydrogen) atoms. The molecule has 2 heteroatoms. The van der Waals surface area contributed by atoms with Crippen molar-refractivity contribution in [3.8, 4) is 0 Å². The summed E-state index contributed by atoms with van der Waals surface area (Å²) in [7, 11) is 0. The maximum absolute atomic E-state index is 10.2. The van der Waals surface area contributed by atoms with E-state index in [1.807, 2.05) is 13.8 Å². The van der Waals surface area contributed by atoms with Crippen LogP contribution in [0.25, 0.3) is 0 Å². The Balaban J connectivity index is 2.44. The summed E-state index contributed by atoms with van der Waals surface area (Å²) in [6.45, 7) is 3.95. The smallest absolute Gasteiger partial charge is 0.307 e. The van der Waals surface area contributed by atoms with Crippen LogP contribution in [0.2, 0.25) is 0 Å². The lowest BCUT2D eigenvalue weighted by Crippen LogP contribution is -1.98. The average molecular weight is 114 g/mol. The summed E-state index contributed by atoms with van der Waals surface area (Å²) in [5.41, 5.74) is 0. The van der Waals surface area contributed by atoms with Gasteiger partial charge >= 0.3 is 5.97 Å². The van der Waals surface area contributed by atoms with Gasteiger partial charge in [-0.05, 0) is 11.8 Å². The fourth-order valence-electron chi connectivity index (χ4n) is 1.11. The SMILES string of the molecule is C[C@H]1C(C(=O)O)[C@@H]1C. The Hall–Kier alpha value is -0.530. The van der Waals surface area contributed by atoms with Crippen LogP contribution in [0.15, 0.2) is 0 Å². The highest BCUT2D eigenvalue weighted by Gasteiger charge is 2.48. The second-order valence-corrected chi connectivity index (χ2v) is 2.58. The summed E-state index contributed by atoms with van der Waals surface area (Å²) in [5.74, 6) is 0.139. The number of carboxylic acids is 1. The van der Waals surface area contributed by atoms with E-state index < -0.39 is 5.97 Å². The Morgan fingerprint density at radius 3 is 1.75 bits per heavy atom. The molecule has 0 bridgehead atoms. The molecule has 0 unspecified atom stereocenters. The van der Waals surface area contributed by atoms with E-state index in [4.69, 9.17) is 5.11 Å². The van der Waals surface area contributed by atoms with Crippen molar-refractivity contribution >= 4 is 5.97 Å². The summed E-state index contributed by atoms with van der Waals surface area (Å²) in [6, 6.07) is 0. The molecular weight excluding hydrogens is 104 g/mol. The van der Waals surface area contributed by atoms with E-state index in [2.05, 4.69) is 0 Å². The zero-order valence-electron chi connectivity index (χ0n) is 5.09. The molecular formula is C6H10O2. The van der Waals surface area contributed by atoms with E-state index in [1.54, 1.807) is 0 Å². The van der Waals surface area contributed by atoms with Crippen LogP contribution in [0.3, 0.4) is 0 Å². The second kappa shape index (κ2) is 1.47. The highest BCUT2D eigenvalue weighted by Crippen LogP contribution is 2.45. The number of hydrogen-bond donors (Lipinski definition) is 1. The molecule has 1 saturated carbocycles. The van der Waals surface area contributed by atoms with Crippen molar-refractivity contribution in [1.29, 1.82) is 0 Å². The van der Waals surface area contributed by atoms with Crippen molar-refractivity contribution in [3.63, 3.8) is 0 Å². The van der Waals surface area contributed by atoms with Crippen molar-refractivity contribution < 1.29 is 9.90 Å². The molecule has 0 amide bonds. The van der Waals surface area contributed by atoms with Crippen molar-refractivity contribution in [2.75, 3.05) is 0 Å². The van der Waals surface area contributed by atoms with Gasteiger partial charge in [0.25, 0.3) is 0 Å². The predicted octanol–water partition coefficient (Wildman–Crippen LogP) is 0.973. The minimum Gasteiger partial charge on any atom is -0.481 e. The number of carboxylic acid groups (broad SMARTS) is 1. The predicted molar refractivity (Wildman–Crippen MR) is 29.5 cm³/mol. The lowest BCUT2D eigenvalue weighted by Gasteiger charge is -1.81. The zero-order chi connectivity index (χ0) is 6.31. The van der Waals surface area contributed by atoms with Crippen LogP contribution < -0.4 is 0 Å². The first-order valence-corrected chi connectivity index (χ1v) is 2.87. The summed E-state index contributed by atoms with van der Waals surface area (Å²) in [5, 5.41) is 8.39. The number of hydrogen-bond acceptors (Lipinski definition) is 1. The maximum Gasteiger partial charge on any atom is 0.307 e. The van der Waals surface area contributed by atoms with Crippen molar-refractivity contribution in [3.05, 3.63) is 0 Å². The molecule has 1 N–H and O–H groups in total. The first-order chi connectivity index (χ1) is 3.64. The molecule has 1 aliphatic carbocycles. The van der Waals surface area contributed by atoms with Gasteiger partial charge in [-0.15, -0.1) is 0 Å². The third-order valence-electron chi connectivity index (χ3n) is 2.11. The summed E-state index contributed by atoms with van der Waals surface area (Å²) in [6.07, 6.45) is 0. The highest BCUT2D eigenvalue weighted by molar-refractivity contribution is 5.73. The summed E-state index contributed by atoms with van der Waals surface area (Å²) in [4.78, 5) is 10.2. The van der Waals surface area contributed by atoms with Crippen LogP contribution in [0.5, 0.6) is 0 Å². The Morgan fingerprint density at radius 1 is 1.38 bits per heavy atom. The fourth-order valence-corrected chi connectivity index (χ4v) is 1.11. The van der Waals surface area contributed by atoms with Gasteiger partial charge in [-0.3, -0.25) is 4.79 Å². The Bertz CT molecular complexity index is 112. The zero-order valence-corrected chi connectivity index (χ0v) is 5.09.